The minimum Gasteiger partial charge on any atom is -0.254 e. The van der Waals surface area contributed by atoms with Crippen molar-refractivity contribution in [2.24, 2.45) is 0 Å². The van der Waals surface area contributed by atoms with E-state index >= 15 is 0 Å². The molecule has 0 amide bonds. The molecule has 3 nitrogen and oxygen atoms in total. The van der Waals surface area contributed by atoms with Crippen LogP contribution in [-0.4, -0.2) is 15.2 Å². The van der Waals surface area contributed by atoms with E-state index in [0.717, 1.165) is 21.8 Å². The van der Waals surface area contributed by atoms with Crippen molar-refractivity contribution in [3.63, 3.8) is 0 Å². The van der Waals surface area contributed by atoms with Crippen molar-refractivity contribution >= 4 is 21.8 Å². The van der Waals surface area contributed by atoms with Gasteiger partial charge in [0.05, 0.1) is 17.9 Å². The second-order valence-corrected chi connectivity index (χ2v) is 3.11. The van der Waals surface area contributed by atoms with E-state index in [1.807, 2.05) is 30.3 Å². The third-order valence-electron chi connectivity index (χ3n) is 2.27. The molecule has 14 heavy (non-hydrogen) atoms. The van der Waals surface area contributed by atoms with Crippen LogP contribution in [0.1, 0.15) is 0 Å². The molecule has 2 heterocycles. The monoisotopic (exact) mass is 181 g/mol. The van der Waals surface area contributed by atoms with Gasteiger partial charge in [-0.25, -0.2) is 0 Å². The highest BCUT2D eigenvalue weighted by molar-refractivity contribution is 6.03. The largest absolute Gasteiger partial charge is 0.254 e. The van der Waals surface area contributed by atoms with E-state index in [4.69, 9.17) is 0 Å². The standard InChI is InChI=1S/C11H7N3/c1-2-4-10-8(3-1)9-5-6-13-14-11(9)7-12-10/h1-7H. The van der Waals surface area contributed by atoms with E-state index in [0.29, 0.717) is 0 Å². The van der Waals surface area contributed by atoms with Crippen LogP contribution in [-0.2, 0) is 0 Å². The lowest BCUT2D eigenvalue weighted by molar-refractivity contribution is 1.07. The first-order valence-electron chi connectivity index (χ1n) is 4.40. The van der Waals surface area contributed by atoms with Crippen LogP contribution in [0.2, 0.25) is 0 Å². The quantitative estimate of drug-likeness (QED) is 0.499. The normalized spacial score (nSPS) is 10.9. The van der Waals surface area contributed by atoms with E-state index in [1.165, 1.54) is 0 Å². The minimum absolute atomic E-state index is 0.839. The Morgan fingerprint density at radius 1 is 0.857 bits per heavy atom. The number of rotatable bonds is 0. The van der Waals surface area contributed by atoms with Crippen molar-refractivity contribution in [1.29, 1.82) is 0 Å². The fourth-order valence-electron chi connectivity index (χ4n) is 1.61. The molecule has 0 bridgehead atoms. The van der Waals surface area contributed by atoms with Gasteiger partial charge in [0, 0.05) is 10.8 Å². The average molecular weight is 181 g/mol. The molecule has 0 saturated heterocycles. The van der Waals surface area contributed by atoms with E-state index in [9.17, 15) is 0 Å². The Balaban J connectivity index is 2.61. The van der Waals surface area contributed by atoms with Crippen LogP contribution in [0.3, 0.4) is 0 Å². The number of benzene rings is 1. The number of aromatic nitrogens is 3. The van der Waals surface area contributed by atoms with Gasteiger partial charge in [-0.05, 0) is 12.1 Å². The Bertz CT molecular complexity index is 550. The number of nitrogens with zero attached hydrogens (tertiary/aromatic N) is 3. The fraction of sp³-hybridized carbons (Fsp3) is 0. The lowest BCUT2D eigenvalue weighted by atomic mass is 10.1. The maximum atomic E-state index is 4.31. The van der Waals surface area contributed by atoms with Gasteiger partial charge < -0.3 is 0 Å². The molecule has 0 atom stereocenters. The Kier molecular flexibility index (Phi) is 1.44. The van der Waals surface area contributed by atoms with Gasteiger partial charge in [-0.2, -0.15) is 5.10 Å². The Morgan fingerprint density at radius 3 is 2.71 bits per heavy atom. The van der Waals surface area contributed by atoms with Gasteiger partial charge in [0.25, 0.3) is 0 Å². The number of fused-ring (bicyclic) bond motifs is 3. The average Bonchev–Trinajstić information content (AvgIpc) is 2.29. The smallest absolute Gasteiger partial charge is 0.112 e. The highest BCUT2D eigenvalue weighted by Gasteiger charge is 2.00. The highest BCUT2D eigenvalue weighted by Crippen LogP contribution is 2.20. The molecular formula is C11H7N3. The van der Waals surface area contributed by atoms with Crippen molar-refractivity contribution in [2.45, 2.75) is 0 Å². The van der Waals surface area contributed by atoms with Gasteiger partial charge >= 0.3 is 0 Å². The summed E-state index contributed by atoms with van der Waals surface area (Å²) in [5, 5.41) is 10.1. The number of para-hydroxylation sites is 1. The van der Waals surface area contributed by atoms with Gasteiger partial charge in [0.2, 0.25) is 0 Å². The first-order chi connectivity index (χ1) is 6.95. The zero-order chi connectivity index (χ0) is 9.38. The van der Waals surface area contributed by atoms with Crippen LogP contribution in [0.5, 0.6) is 0 Å². The molecule has 0 unspecified atom stereocenters. The third kappa shape index (κ3) is 0.956. The molecule has 1 aromatic carbocycles. The molecule has 2 aromatic heterocycles. The molecule has 0 radical (unpaired) electrons. The van der Waals surface area contributed by atoms with Gasteiger partial charge in [0.15, 0.2) is 0 Å². The molecule has 3 heteroatoms. The molecule has 0 saturated carbocycles. The van der Waals surface area contributed by atoms with Crippen molar-refractivity contribution in [3.05, 3.63) is 42.7 Å². The summed E-state index contributed by atoms with van der Waals surface area (Å²) in [6.07, 6.45) is 3.46. The first kappa shape index (κ1) is 7.38. The van der Waals surface area contributed by atoms with Crippen molar-refractivity contribution in [3.8, 4) is 0 Å². The zero-order valence-corrected chi connectivity index (χ0v) is 7.38. The number of pyridine rings is 1. The van der Waals surface area contributed by atoms with Crippen LogP contribution in [0.25, 0.3) is 21.8 Å². The summed E-state index contributed by atoms with van der Waals surface area (Å²) in [6, 6.07) is 9.99. The molecule has 0 fully saturated rings. The summed E-state index contributed by atoms with van der Waals surface area (Å²) in [5.74, 6) is 0. The second kappa shape index (κ2) is 2.73. The minimum atomic E-state index is 0.839. The fourth-order valence-corrected chi connectivity index (χ4v) is 1.61. The number of hydrogen-bond acceptors (Lipinski definition) is 3. The third-order valence-corrected chi connectivity index (χ3v) is 2.27. The van der Waals surface area contributed by atoms with Gasteiger partial charge in [0.1, 0.15) is 5.52 Å². The SMILES string of the molecule is c1ccc2c(c1)ncc1nnccc12. The van der Waals surface area contributed by atoms with Crippen molar-refractivity contribution in [1.82, 2.24) is 15.2 Å². The molecule has 0 aliphatic heterocycles. The summed E-state index contributed by atoms with van der Waals surface area (Å²) in [5.41, 5.74) is 1.83. The maximum absolute atomic E-state index is 4.31. The Hall–Kier alpha value is -2.03. The molecular weight excluding hydrogens is 174 g/mol. The topological polar surface area (TPSA) is 38.7 Å². The molecule has 0 aliphatic rings. The second-order valence-electron chi connectivity index (χ2n) is 3.11. The summed E-state index contributed by atoms with van der Waals surface area (Å²) < 4.78 is 0. The molecule has 0 aliphatic carbocycles. The molecule has 0 N–H and O–H groups in total. The molecule has 3 aromatic rings. The van der Waals surface area contributed by atoms with E-state index in [1.54, 1.807) is 12.4 Å². The Morgan fingerprint density at radius 2 is 1.71 bits per heavy atom. The van der Waals surface area contributed by atoms with E-state index in [-0.39, 0.29) is 0 Å². The van der Waals surface area contributed by atoms with Crippen molar-refractivity contribution < 1.29 is 0 Å². The van der Waals surface area contributed by atoms with Crippen LogP contribution in [0.15, 0.2) is 42.7 Å². The van der Waals surface area contributed by atoms with Crippen molar-refractivity contribution in [2.75, 3.05) is 0 Å². The summed E-state index contributed by atoms with van der Waals surface area (Å²) in [4.78, 5) is 4.31. The summed E-state index contributed by atoms with van der Waals surface area (Å²) in [6.45, 7) is 0. The van der Waals surface area contributed by atoms with Crippen LogP contribution >= 0.6 is 0 Å². The number of hydrogen-bond donors (Lipinski definition) is 0. The predicted octanol–water partition coefficient (Wildman–Crippen LogP) is 2.18. The highest BCUT2D eigenvalue weighted by atomic mass is 15.1. The first-order valence-corrected chi connectivity index (χ1v) is 4.40. The Labute approximate surface area is 80.4 Å². The van der Waals surface area contributed by atoms with Crippen LogP contribution in [0, 0.1) is 0 Å². The molecule has 66 valence electrons. The molecule has 0 spiro atoms. The van der Waals surface area contributed by atoms with E-state index in [2.05, 4.69) is 15.2 Å². The van der Waals surface area contributed by atoms with Gasteiger partial charge in [-0.15, -0.1) is 5.10 Å². The molecule has 3 rings (SSSR count). The zero-order valence-electron chi connectivity index (χ0n) is 7.38. The van der Waals surface area contributed by atoms with Gasteiger partial charge in [-0.3, -0.25) is 4.98 Å². The summed E-state index contributed by atoms with van der Waals surface area (Å²) in [7, 11) is 0. The lowest BCUT2D eigenvalue weighted by Crippen LogP contribution is -1.85. The van der Waals surface area contributed by atoms with Gasteiger partial charge in [-0.1, -0.05) is 18.2 Å². The predicted molar refractivity (Wildman–Crippen MR) is 54.8 cm³/mol. The lowest BCUT2D eigenvalue weighted by Gasteiger charge is -1.99. The van der Waals surface area contributed by atoms with Crippen LogP contribution in [0.4, 0.5) is 0 Å². The maximum Gasteiger partial charge on any atom is 0.112 e. The van der Waals surface area contributed by atoms with Crippen LogP contribution < -0.4 is 0 Å². The summed E-state index contributed by atoms with van der Waals surface area (Å²) >= 11 is 0. The van der Waals surface area contributed by atoms with E-state index < -0.39 is 0 Å².